The Morgan fingerprint density at radius 2 is 1.78 bits per heavy atom. The van der Waals surface area contributed by atoms with E-state index in [1.165, 1.54) is 11.8 Å². The van der Waals surface area contributed by atoms with Gasteiger partial charge < -0.3 is 15.2 Å². The van der Waals surface area contributed by atoms with Crippen LogP contribution in [0, 0.1) is 20.8 Å². The van der Waals surface area contributed by atoms with Gasteiger partial charge in [-0.15, -0.1) is 11.8 Å². The molecule has 0 aliphatic carbocycles. The van der Waals surface area contributed by atoms with Crippen molar-refractivity contribution in [2.45, 2.75) is 20.8 Å². The maximum absolute atomic E-state index is 11.9. The molecule has 0 bridgehead atoms. The molecule has 0 unspecified atom stereocenters. The summed E-state index contributed by atoms with van der Waals surface area (Å²) in [5.41, 5.74) is 2.90. The molecule has 6 nitrogen and oxygen atoms in total. The maximum Gasteiger partial charge on any atom is 0.235 e. The first-order chi connectivity index (χ1) is 10.9. The van der Waals surface area contributed by atoms with Crippen LogP contribution in [0.3, 0.4) is 0 Å². The predicted molar refractivity (Wildman–Crippen MR) is 91.7 cm³/mol. The quantitative estimate of drug-likeness (QED) is 0.849. The monoisotopic (exact) mass is 333 g/mol. The van der Waals surface area contributed by atoms with Gasteiger partial charge >= 0.3 is 0 Å². The van der Waals surface area contributed by atoms with Gasteiger partial charge in [0.05, 0.1) is 11.5 Å². The molecule has 1 aromatic heterocycles. The van der Waals surface area contributed by atoms with Crippen molar-refractivity contribution in [1.29, 1.82) is 0 Å². The molecule has 0 radical (unpaired) electrons. The number of aromatic nitrogens is 1. The van der Waals surface area contributed by atoms with Crippen molar-refractivity contribution in [3.05, 3.63) is 41.2 Å². The molecule has 23 heavy (non-hydrogen) atoms. The minimum absolute atomic E-state index is 0.131. The summed E-state index contributed by atoms with van der Waals surface area (Å²) < 4.78 is 4.86. The van der Waals surface area contributed by atoms with Crippen LogP contribution in [0.1, 0.15) is 16.9 Å². The van der Waals surface area contributed by atoms with Gasteiger partial charge in [-0.25, -0.2) is 0 Å². The number of nitrogens with one attached hydrogen (secondary N) is 2. The second-order valence-electron chi connectivity index (χ2n) is 5.23. The number of carbonyl (C=O) groups is 2. The minimum Gasteiger partial charge on any atom is -0.360 e. The van der Waals surface area contributed by atoms with Gasteiger partial charge in [0.1, 0.15) is 5.76 Å². The Morgan fingerprint density at radius 3 is 2.43 bits per heavy atom. The Balaban J connectivity index is 1.74. The first-order valence-corrected chi connectivity index (χ1v) is 8.27. The highest BCUT2D eigenvalue weighted by atomic mass is 32.2. The average molecular weight is 333 g/mol. The van der Waals surface area contributed by atoms with E-state index in [1.54, 1.807) is 13.0 Å². The molecule has 7 heteroatoms. The van der Waals surface area contributed by atoms with Crippen LogP contribution in [0.5, 0.6) is 0 Å². The number of thioether (sulfide) groups is 1. The van der Waals surface area contributed by atoms with Gasteiger partial charge in [-0.3, -0.25) is 9.59 Å². The zero-order valence-electron chi connectivity index (χ0n) is 13.3. The molecule has 122 valence electrons. The van der Waals surface area contributed by atoms with E-state index < -0.39 is 0 Å². The van der Waals surface area contributed by atoms with Crippen molar-refractivity contribution >= 4 is 35.1 Å². The molecule has 2 rings (SSSR count). The summed E-state index contributed by atoms with van der Waals surface area (Å²) in [6.45, 7) is 5.66. The normalized spacial score (nSPS) is 10.4. The van der Waals surface area contributed by atoms with Crippen molar-refractivity contribution in [2.24, 2.45) is 0 Å². The number of nitrogens with zero attached hydrogens (tertiary/aromatic N) is 1. The van der Waals surface area contributed by atoms with E-state index in [0.717, 1.165) is 16.8 Å². The van der Waals surface area contributed by atoms with Crippen molar-refractivity contribution in [3.63, 3.8) is 0 Å². The number of hydrogen-bond donors (Lipinski definition) is 2. The summed E-state index contributed by atoms with van der Waals surface area (Å²) in [5.74, 6) is 1.04. The lowest BCUT2D eigenvalue weighted by molar-refractivity contribution is -0.114. The third-order valence-electron chi connectivity index (χ3n) is 3.03. The van der Waals surface area contributed by atoms with Crippen LogP contribution in [0.25, 0.3) is 0 Å². The van der Waals surface area contributed by atoms with E-state index in [-0.39, 0.29) is 23.3 Å². The van der Waals surface area contributed by atoms with Crippen LogP contribution >= 0.6 is 11.8 Å². The fourth-order valence-electron chi connectivity index (χ4n) is 1.90. The van der Waals surface area contributed by atoms with Gasteiger partial charge in [0.2, 0.25) is 11.8 Å². The number of carbonyl (C=O) groups excluding carboxylic acids is 2. The van der Waals surface area contributed by atoms with Gasteiger partial charge in [-0.05, 0) is 38.0 Å². The summed E-state index contributed by atoms with van der Waals surface area (Å²) in [7, 11) is 0. The molecule has 2 aromatic rings. The molecule has 0 aliphatic heterocycles. The SMILES string of the molecule is Cc1ccc(C)c(NC(=O)CSCC(=O)Nc2cc(C)on2)c1. The minimum atomic E-state index is -0.220. The summed E-state index contributed by atoms with van der Waals surface area (Å²) in [4.78, 5) is 23.6. The summed E-state index contributed by atoms with van der Waals surface area (Å²) in [5, 5.41) is 9.14. The van der Waals surface area contributed by atoms with Crippen LogP contribution in [-0.4, -0.2) is 28.5 Å². The molecule has 0 spiro atoms. The second kappa shape index (κ2) is 7.82. The Labute approximate surface area is 139 Å². The lowest BCUT2D eigenvalue weighted by Crippen LogP contribution is -2.19. The van der Waals surface area contributed by atoms with Crippen molar-refractivity contribution in [3.8, 4) is 0 Å². The molecule has 1 heterocycles. The Bertz CT molecular complexity index is 712. The zero-order valence-corrected chi connectivity index (χ0v) is 14.1. The van der Waals surface area contributed by atoms with E-state index in [2.05, 4.69) is 15.8 Å². The number of aryl methyl sites for hydroxylation is 3. The lowest BCUT2D eigenvalue weighted by Gasteiger charge is -2.09. The van der Waals surface area contributed by atoms with E-state index in [1.807, 2.05) is 32.0 Å². The van der Waals surface area contributed by atoms with Crippen LogP contribution in [-0.2, 0) is 9.59 Å². The molecule has 2 N–H and O–H groups in total. The third kappa shape index (κ3) is 5.45. The topological polar surface area (TPSA) is 84.2 Å². The third-order valence-corrected chi connectivity index (χ3v) is 3.96. The van der Waals surface area contributed by atoms with Crippen LogP contribution < -0.4 is 10.6 Å². The predicted octanol–water partition coefficient (Wildman–Crippen LogP) is 2.91. The molecule has 0 saturated carbocycles. The van der Waals surface area contributed by atoms with E-state index in [4.69, 9.17) is 4.52 Å². The van der Waals surface area contributed by atoms with Gasteiger partial charge in [0, 0.05) is 11.8 Å². The van der Waals surface area contributed by atoms with Gasteiger partial charge in [-0.1, -0.05) is 17.3 Å². The zero-order chi connectivity index (χ0) is 16.8. The van der Waals surface area contributed by atoms with Crippen LogP contribution in [0.15, 0.2) is 28.8 Å². The van der Waals surface area contributed by atoms with E-state index in [0.29, 0.717) is 11.6 Å². The Hall–Kier alpha value is -2.28. The molecule has 0 aliphatic rings. The highest BCUT2D eigenvalue weighted by molar-refractivity contribution is 8.00. The largest absolute Gasteiger partial charge is 0.360 e. The Morgan fingerprint density at radius 1 is 1.09 bits per heavy atom. The average Bonchev–Trinajstić information content (AvgIpc) is 2.88. The molecule has 2 amide bonds. The smallest absolute Gasteiger partial charge is 0.235 e. The summed E-state index contributed by atoms with van der Waals surface area (Å²) in [6.07, 6.45) is 0. The first kappa shape index (κ1) is 17.1. The van der Waals surface area contributed by atoms with E-state index >= 15 is 0 Å². The summed E-state index contributed by atoms with van der Waals surface area (Å²) in [6, 6.07) is 7.52. The van der Waals surface area contributed by atoms with Crippen LogP contribution in [0.2, 0.25) is 0 Å². The number of amides is 2. The number of anilines is 2. The van der Waals surface area contributed by atoms with Crippen LogP contribution in [0.4, 0.5) is 11.5 Å². The standard InChI is InChI=1S/C16H19N3O3S/c1-10-4-5-11(2)13(6-10)17-15(20)8-23-9-16(21)18-14-7-12(3)22-19-14/h4-7H,8-9H2,1-3H3,(H,17,20)(H,18,19,21). The number of benzene rings is 1. The van der Waals surface area contributed by atoms with Crippen molar-refractivity contribution in [1.82, 2.24) is 5.16 Å². The molecular weight excluding hydrogens is 314 g/mol. The molecule has 0 saturated heterocycles. The molecular formula is C16H19N3O3S. The van der Waals surface area contributed by atoms with Gasteiger partial charge in [-0.2, -0.15) is 0 Å². The number of hydrogen-bond acceptors (Lipinski definition) is 5. The fraction of sp³-hybridized carbons (Fsp3) is 0.312. The van der Waals surface area contributed by atoms with Gasteiger partial charge in [0.15, 0.2) is 5.82 Å². The van der Waals surface area contributed by atoms with E-state index in [9.17, 15) is 9.59 Å². The maximum atomic E-state index is 11.9. The summed E-state index contributed by atoms with van der Waals surface area (Å²) >= 11 is 1.24. The lowest BCUT2D eigenvalue weighted by atomic mass is 10.1. The molecule has 0 fully saturated rings. The Kier molecular flexibility index (Phi) is 5.81. The second-order valence-corrected chi connectivity index (χ2v) is 6.22. The fourth-order valence-corrected chi connectivity index (χ4v) is 2.51. The number of rotatable bonds is 6. The van der Waals surface area contributed by atoms with Crippen molar-refractivity contribution < 1.29 is 14.1 Å². The highest BCUT2D eigenvalue weighted by Gasteiger charge is 2.09. The first-order valence-electron chi connectivity index (χ1n) is 7.12. The van der Waals surface area contributed by atoms with Crippen molar-refractivity contribution in [2.75, 3.05) is 22.1 Å². The molecule has 1 aromatic carbocycles. The molecule has 0 atom stereocenters. The highest BCUT2D eigenvalue weighted by Crippen LogP contribution is 2.17. The van der Waals surface area contributed by atoms with Gasteiger partial charge in [0.25, 0.3) is 0 Å².